The molecule has 0 aliphatic rings. The lowest BCUT2D eigenvalue weighted by molar-refractivity contribution is 1.28. The second-order valence-corrected chi connectivity index (χ2v) is 16.0. The number of thiophene rings is 1. The SMILES string of the molecule is c1ccc(N(c2ccc(-c3ccc(-c4cccc5ccccc45)cc3)cc2)c2ccc(-c3ccc4c(c3)sc3ccccc34)cc2)c(-c2ccc3ccccc3c2)c1. The Balaban J connectivity index is 0.976. The van der Waals surface area contributed by atoms with Crippen molar-refractivity contribution in [3.63, 3.8) is 0 Å². The van der Waals surface area contributed by atoms with Crippen molar-refractivity contribution in [2.75, 3.05) is 4.90 Å². The predicted molar refractivity (Wildman–Crippen MR) is 251 cm³/mol. The Labute approximate surface area is 342 Å². The van der Waals surface area contributed by atoms with Crippen LogP contribution in [-0.4, -0.2) is 0 Å². The molecule has 0 atom stereocenters. The maximum Gasteiger partial charge on any atom is 0.0540 e. The molecule has 1 heterocycles. The van der Waals surface area contributed by atoms with Gasteiger partial charge in [-0.1, -0.05) is 176 Å². The molecule has 1 nitrogen and oxygen atoms in total. The molecule has 1 aromatic heterocycles. The van der Waals surface area contributed by atoms with Crippen molar-refractivity contribution in [1.82, 2.24) is 0 Å². The molecule has 2 heteroatoms. The molecule has 0 N–H and O–H groups in total. The number of nitrogens with zero attached hydrogens (tertiary/aromatic N) is 1. The van der Waals surface area contributed by atoms with Gasteiger partial charge in [-0.2, -0.15) is 0 Å². The van der Waals surface area contributed by atoms with Gasteiger partial charge in [-0.3, -0.25) is 0 Å². The highest BCUT2D eigenvalue weighted by Crippen LogP contribution is 2.43. The molecule has 10 aromatic carbocycles. The second-order valence-electron chi connectivity index (χ2n) is 14.9. The molecule has 272 valence electrons. The first-order valence-electron chi connectivity index (χ1n) is 19.8. The maximum atomic E-state index is 2.40. The van der Waals surface area contributed by atoms with Crippen molar-refractivity contribution in [3.05, 3.63) is 224 Å². The first-order valence-corrected chi connectivity index (χ1v) is 20.6. The van der Waals surface area contributed by atoms with Gasteiger partial charge in [-0.05, 0) is 109 Å². The zero-order valence-electron chi connectivity index (χ0n) is 31.7. The minimum atomic E-state index is 1.10. The van der Waals surface area contributed by atoms with Crippen LogP contribution >= 0.6 is 11.3 Å². The summed E-state index contributed by atoms with van der Waals surface area (Å²) in [6, 6.07) is 81.9. The minimum Gasteiger partial charge on any atom is -0.310 e. The maximum absolute atomic E-state index is 2.40. The van der Waals surface area contributed by atoms with E-state index in [-0.39, 0.29) is 0 Å². The molecule has 58 heavy (non-hydrogen) atoms. The van der Waals surface area contributed by atoms with Crippen LogP contribution in [0.4, 0.5) is 17.1 Å². The van der Waals surface area contributed by atoms with Gasteiger partial charge in [-0.15, -0.1) is 11.3 Å². The normalized spacial score (nSPS) is 11.4. The molecule has 11 rings (SSSR count). The van der Waals surface area contributed by atoms with Crippen LogP contribution in [0.1, 0.15) is 0 Å². The average Bonchev–Trinajstić information content (AvgIpc) is 3.67. The number of rotatable bonds is 7. The molecule has 0 aliphatic heterocycles. The quantitative estimate of drug-likeness (QED) is 0.157. The van der Waals surface area contributed by atoms with Gasteiger partial charge in [0.05, 0.1) is 5.69 Å². The Kier molecular flexibility index (Phi) is 8.42. The zero-order valence-corrected chi connectivity index (χ0v) is 32.5. The highest BCUT2D eigenvalue weighted by atomic mass is 32.1. The summed E-state index contributed by atoms with van der Waals surface area (Å²) in [4.78, 5) is 2.40. The molecule has 0 unspecified atom stereocenters. The van der Waals surface area contributed by atoms with Crippen molar-refractivity contribution >= 4 is 70.1 Å². The van der Waals surface area contributed by atoms with Gasteiger partial charge in [0.25, 0.3) is 0 Å². The number of para-hydroxylation sites is 1. The van der Waals surface area contributed by atoms with Crippen LogP contribution in [0.3, 0.4) is 0 Å². The van der Waals surface area contributed by atoms with Crippen LogP contribution in [0.15, 0.2) is 224 Å². The van der Waals surface area contributed by atoms with Crippen LogP contribution in [0.25, 0.3) is 86.2 Å². The largest absolute Gasteiger partial charge is 0.310 e. The number of fused-ring (bicyclic) bond motifs is 5. The van der Waals surface area contributed by atoms with Gasteiger partial charge in [0, 0.05) is 37.1 Å². The van der Waals surface area contributed by atoms with Gasteiger partial charge in [0.2, 0.25) is 0 Å². The molecular weight excluding hydrogens is 719 g/mol. The van der Waals surface area contributed by atoms with Crippen LogP contribution in [0, 0.1) is 0 Å². The van der Waals surface area contributed by atoms with Gasteiger partial charge < -0.3 is 4.90 Å². The average molecular weight is 756 g/mol. The number of anilines is 3. The van der Waals surface area contributed by atoms with Crippen LogP contribution in [0.5, 0.6) is 0 Å². The summed E-state index contributed by atoms with van der Waals surface area (Å²) in [5, 5.41) is 7.66. The van der Waals surface area contributed by atoms with Gasteiger partial charge in [0.1, 0.15) is 0 Å². The fourth-order valence-corrected chi connectivity index (χ4v) is 9.67. The number of benzene rings is 10. The Hall–Kier alpha value is -7.26. The van der Waals surface area contributed by atoms with Gasteiger partial charge in [-0.25, -0.2) is 0 Å². The molecule has 0 fully saturated rings. The highest BCUT2D eigenvalue weighted by molar-refractivity contribution is 7.25. The van der Waals surface area contributed by atoms with Crippen molar-refractivity contribution in [1.29, 1.82) is 0 Å². The van der Waals surface area contributed by atoms with E-state index in [9.17, 15) is 0 Å². The second kappa shape index (κ2) is 14.4. The van der Waals surface area contributed by atoms with Gasteiger partial charge in [0.15, 0.2) is 0 Å². The van der Waals surface area contributed by atoms with Crippen molar-refractivity contribution in [2.24, 2.45) is 0 Å². The highest BCUT2D eigenvalue weighted by Gasteiger charge is 2.18. The van der Waals surface area contributed by atoms with Crippen LogP contribution in [0.2, 0.25) is 0 Å². The molecule has 0 saturated heterocycles. The lowest BCUT2D eigenvalue weighted by atomic mass is 9.96. The molecule has 0 spiro atoms. The third-order valence-electron chi connectivity index (χ3n) is 11.5. The Morgan fingerprint density at radius 3 is 1.57 bits per heavy atom. The lowest BCUT2D eigenvalue weighted by Gasteiger charge is -2.28. The molecule has 0 aliphatic carbocycles. The van der Waals surface area contributed by atoms with Gasteiger partial charge >= 0.3 is 0 Å². The Morgan fingerprint density at radius 1 is 0.276 bits per heavy atom. The third-order valence-corrected chi connectivity index (χ3v) is 12.6. The van der Waals surface area contributed by atoms with E-state index < -0.39 is 0 Å². The Morgan fingerprint density at radius 2 is 0.793 bits per heavy atom. The minimum absolute atomic E-state index is 1.10. The molecule has 0 radical (unpaired) electrons. The van der Waals surface area contributed by atoms with E-state index in [1.54, 1.807) is 0 Å². The predicted octanol–water partition coefficient (Wildman–Crippen LogP) is 16.5. The van der Waals surface area contributed by atoms with Crippen molar-refractivity contribution in [3.8, 4) is 44.5 Å². The van der Waals surface area contributed by atoms with E-state index in [0.29, 0.717) is 0 Å². The van der Waals surface area contributed by atoms with E-state index in [1.165, 1.54) is 86.2 Å². The summed E-state index contributed by atoms with van der Waals surface area (Å²) < 4.78 is 2.65. The smallest absolute Gasteiger partial charge is 0.0540 e. The summed E-state index contributed by atoms with van der Waals surface area (Å²) in [6.45, 7) is 0. The van der Waals surface area contributed by atoms with Crippen molar-refractivity contribution < 1.29 is 0 Å². The molecule has 0 amide bonds. The van der Waals surface area contributed by atoms with Crippen LogP contribution in [-0.2, 0) is 0 Å². The summed E-state index contributed by atoms with van der Waals surface area (Å²) in [5.41, 5.74) is 13.0. The Bertz CT molecular complexity index is 3260. The summed E-state index contributed by atoms with van der Waals surface area (Å²) >= 11 is 1.86. The molecule has 0 saturated carbocycles. The first kappa shape index (κ1) is 34.0. The first-order chi connectivity index (χ1) is 28.7. The molecule has 0 bridgehead atoms. The zero-order chi connectivity index (χ0) is 38.4. The van der Waals surface area contributed by atoms with E-state index in [2.05, 4.69) is 229 Å². The van der Waals surface area contributed by atoms with E-state index in [1.807, 2.05) is 11.3 Å². The van der Waals surface area contributed by atoms with Crippen molar-refractivity contribution in [2.45, 2.75) is 0 Å². The summed E-state index contributed by atoms with van der Waals surface area (Å²) in [6.07, 6.45) is 0. The number of hydrogen-bond acceptors (Lipinski definition) is 2. The fourth-order valence-electron chi connectivity index (χ4n) is 8.53. The summed E-state index contributed by atoms with van der Waals surface area (Å²) in [5.74, 6) is 0. The summed E-state index contributed by atoms with van der Waals surface area (Å²) in [7, 11) is 0. The number of hydrogen-bond donors (Lipinski definition) is 0. The van der Waals surface area contributed by atoms with Crippen LogP contribution < -0.4 is 4.90 Å². The molecule has 11 aromatic rings. The van der Waals surface area contributed by atoms with E-state index in [0.717, 1.165) is 17.1 Å². The monoisotopic (exact) mass is 755 g/mol. The standard InChI is InChI=1S/C56H37NS/c1-2-12-44-36-46(25-22-38(44)10-1)51-15-5-7-18-54(51)57(48-33-28-41(29-34-48)45-30-35-53-52-16-6-8-19-55(52)58-56(53)37-45)47-31-26-40(27-32-47)39-20-23-43(24-21-39)50-17-9-13-42-11-3-4-14-49(42)50/h1-37H. The topological polar surface area (TPSA) is 3.24 Å². The van der Waals surface area contributed by atoms with E-state index in [4.69, 9.17) is 0 Å². The lowest BCUT2D eigenvalue weighted by Crippen LogP contribution is -2.11. The van der Waals surface area contributed by atoms with E-state index >= 15 is 0 Å². The molecular formula is C56H37NS. The fraction of sp³-hybridized carbons (Fsp3) is 0. The third kappa shape index (κ3) is 6.12.